The standard InChI is InChI=1S/C13H22O2/c1-10(2)12-4-3-11(7-12)8-13(12)5-6-14-9-15-13/h10-11H,3-9H2,1-2H3. The predicted molar refractivity (Wildman–Crippen MR) is 58.5 cm³/mol. The van der Waals surface area contributed by atoms with Gasteiger partial charge < -0.3 is 9.47 Å². The highest BCUT2D eigenvalue weighted by atomic mass is 16.7. The van der Waals surface area contributed by atoms with Gasteiger partial charge in [-0.25, -0.2) is 0 Å². The normalized spacial score (nSPS) is 49.4. The lowest BCUT2D eigenvalue weighted by atomic mass is 9.63. The van der Waals surface area contributed by atoms with Crippen LogP contribution in [-0.2, 0) is 9.47 Å². The van der Waals surface area contributed by atoms with Gasteiger partial charge >= 0.3 is 0 Å². The molecule has 1 aliphatic heterocycles. The summed E-state index contributed by atoms with van der Waals surface area (Å²) in [5.74, 6) is 1.69. The van der Waals surface area contributed by atoms with Crippen molar-refractivity contribution in [2.75, 3.05) is 13.4 Å². The average molecular weight is 210 g/mol. The third kappa shape index (κ3) is 1.18. The van der Waals surface area contributed by atoms with E-state index in [-0.39, 0.29) is 5.60 Å². The van der Waals surface area contributed by atoms with Crippen LogP contribution in [0.5, 0.6) is 0 Å². The van der Waals surface area contributed by atoms with E-state index in [0.717, 1.165) is 24.9 Å². The molecule has 15 heavy (non-hydrogen) atoms. The lowest BCUT2D eigenvalue weighted by molar-refractivity contribution is -0.244. The van der Waals surface area contributed by atoms with Crippen molar-refractivity contribution in [1.29, 1.82) is 0 Å². The van der Waals surface area contributed by atoms with Crippen molar-refractivity contribution in [3.63, 3.8) is 0 Å². The van der Waals surface area contributed by atoms with Gasteiger partial charge in [0.15, 0.2) is 0 Å². The fourth-order valence-corrected chi connectivity index (χ4v) is 4.57. The Labute approximate surface area is 92.3 Å². The molecule has 1 heterocycles. The minimum atomic E-state index is 0.183. The van der Waals surface area contributed by atoms with Gasteiger partial charge in [0.1, 0.15) is 6.79 Å². The molecule has 3 atom stereocenters. The van der Waals surface area contributed by atoms with Crippen LogP contribution in [0.2, 0.25) is 0 Å². The Morgan fingerprint density at radius 3 is 2.67 bits per heavy atom. The number of hydrogen-bond donors (Lipinski definition) is 0. The Hall–Kier alpha value is -0.0800. The largest absolute Gasteiger partial charge is 0.355 e. The van der Waals surface area contributed by atoms with Crippen molar-refractivity contribution in [1.82, 2.24) is 0 Å². The monoisotopic (exact) mass is 210 g/mol. The second-order valence-corrected chi connectivity index (χ2v) is 6.04. The van der Waals surface area contributed by atoms with E-state index in [0.29, 0.717) is 12.2 Å². The highest BCUT2D eigenvalue weighted by molar-refractivity contribution is 5.13. The highest BCUT2D eigenvalue weighted by Crippen LogP contribution is 2.66. The molecule has 3 fully saturated rings. The molecule has 1 saturated heterocycles. The fraction of sp³-hybridized carbons (Fsp3) is 1.00. The number of hydrogen-bond acceptors (Lipinski definition) is 2. The topological polar surface area (TPSA) is 18.5 Å². The third-order valence-electron chi connectivity index (χ3n) is 5.35. The van der Waals surface area contributed by atoms with Crippen LogP contribution in [0, 0.1) is 17.3 Å². The molecule has 2 bridgehead atoms. The van der Waals surface area contributed by atoms with Gasteiger partial charge in [0.2, 0.25) is 0 Å². The summed E-state index contributed by atoms with van der Waals surface area (Å²) < 4.78 is 11.5. The molecule has 2 aliphatic carbocycles. The van der Waals surface area contributed by atoms with Crippen molar-refractivity contribution in [3.05, 3.63) is 0 Å². The minimum Gasteiger partial charge on any atom is -0.355 e. The van der Waals surface area contributed by atoms with Crippen LogP contribution in [0.4, 0.5) is 0 Å². The summed E-state index contributed by atoms with van der Waals surface area (Å²) >= 11 is 0. The fourth-order valence-electron chi connectivity index (χ4n) is 4.57. The lowest BCUT2D eigenvalue weighted by Gasteiger charge is -2.51. The molecule has 3 unspecified atom stereocenters. The SMILES string of the molecule is CC(C)C12CCC(CC13CCOCO3)C2. The van der Waals surface area contributed by atoms with Crippen molar-refractivity contribution < 1.29 is 9.47 Å². The van der Waals surface area contributed by atoms with Crippen LogP contribution in [0.15, 0.2) is 0 Å². The summed E-state index contributed by atoms with van der Waals surface area (Å²) in [6, 6.07) is 0. The highest BCUT2D eigenvalue weighted by Gasteiger charge is 2.63. The maximum absolute atomic E-state index is 6.10. The van der Waals surface area contributed by atoms with Crippen molar-refractivity contribution in [3.8, 4) is 0 Å². The zero-order valence-corrected chi connectivity index (χ0v) is 9.92. The molecule has 3 rings (SSSR count). The number of fused-ring (bicyclic) bond motifs is 3. The van der Waals surface area contributed by atoms with Gasteiger partial charge in [0, 0.05) is 11.8 Å². The van der Waals surface area contributed by atoms with Gasteiger partial charge in [-0.3, -0.25) is 0 Å². The summed E-state index contributed by atoms with van der Waals surface area (Å²) in [4.78, 5) is 0. The average Bonchev–Trinajstić information content (AvgIpc) is 2.75. The van der Waals surface area contributed by atoms with Crippen LogP contribution in [-0.4, -0.2) is 19.0 Å². The maximum atomic E-state index is 6.10. The summed E-state index contributed by atoms with van der Waals surface area (Å²) in [7, 11) is 0. The molecular formula is C13H22O2. The molecular weight excluding hydrogens is 188 g/mol. The second kappa shape index (κ2) is 3.21. The van der Waals surface area contributed by atoms with E-state index in [2.05, 4.69) is 13.8 Å². The predicted octanol–water partition coefficient (Wildman–Crippen LogP) is 2.97. The smallest absolute Gasteiger partial charge is 0.147 e. The van der Waals surface area contributed by atoms with E-state index in [1.54, 1.807) is 0 Å². The van der Waals surface area contributed by atoms with E-state index >= 15 is 0 Å². The van der Waals surface area contributed by atoms with E-state index in [1.165, 1.54) is 25.7 Å². The molecule has 0 aromatic heterocycles. The molecule has 2 heteroatoms. The van der Waals surface area contributed by atoms with Crippen LogP contribution in [0.3, 0.4) is 0 Å². The van der Waals surface area contributed by atoms with E-state index in [4.69, 9.17) is 9.47 Å². The molecule has 0 amide bonds. The summed E-state index contributed by atoms with van der Waals surface area (Å²) in [6.45, 7) is 6.20. The van der Waals surface area contributed by atoms with Gasteiger partial charge in [-0.05, 0) is 37.5 Å². The first-order valence-electron chi connectivity index (χ1n) is 6.40. The van der Waals surface area contributed by atoms with Gasteiger partial charge in [0.05, 0.1) is 12.2 Å². The van der Waals surface area contributed by atoms with Crippen LogP contribution in [0.25, 0.3) is 0 Å². The van der Waals surface area contributed by atoms with Gasteiger partial charge in [-0.15, -0.1) is 0 Å². The number of rotatable bonds is 1. The Bertz CT molecular complexity index is 255. The summed E-state index contributed by atoms with van der Waals surface area (Å²) in [5, 5.41) is 0. The minimum absolute atomic E-state index is 0.183. The van der Waals surface area contributed by atoms with Gasteiger partial charge in [-0.1, -0.05) is 13.8 Å². The Kier molecular flexibility index (Phi) is 2.16. The Balaban J connectivity index is 1.94. The van der Waals surface area contributed by atoms with Crippen molar-refractivity contribution >= 4 is 0 Å². The Morgan fingerprint density at radius 1 is 1.20 bits per heavy atom. The molecule has 2 saturated carbocycles. The summed E-state index contributed by atoms with van der Waals surface area (Å²) in [5.41, 5.74) is 0.657. The van der Waals surface area contributed by atoms with E-state index in [1.807, 2.05) is 0 Å². The quantitative estimate of drug-likeness (QED) is 0.662. The summed E-state index contributed by atoms with van der Waals surface area (Å²) in [6.07, 6.45) is 6.65. The molecule has 2 nitrogen and oxygen atoms in total. The van der Waals surface area contributed by atoms with E-state index < -0.39 is 0 Å². The van der Waals surface area contributed by atoms with Crippen LogP contribution < -0.4 is 0 Å². The Morgan fingerprint density at radius 2 is 2.07 bits per heavy atom. The van der Waals surface area contributed by atoms with Crippen LogP contribution >= 0.6 is 0 Å². The van der Waals surface area contributed by atoms with Crippen molar-refractivity contribution in [2.24, 2.45) is 17.3 Å². The molecule has 0 aromatic carbocycles. The molecule has 86 valence electrons. The zero-order chi connectivity index (χ0) is 10.5. The first kappa shape index (κ1) is 10.1. The van der Waals surface area contributed by atoms with Gasteiger partial charge in [-0.2, -0.15) is 0 Å². The molecule has 1 spiro atoms. The van der Waals surface area contributed by atoms with Gasteiger partial charge in [0.25, 0.3) is 0 Å². The lowest BCUT2D eigenvalue weighted by Crippen LogP contribution is -2.53. The first-order chi connectivity index (χ1) is 7.19. The second-order valence-electron chi connectivity index (χ2n) is 6.04. The molecule has 0 N–H and O–H groups in total. The zero-order valence-electron chi connectivity index (χ0n) is 9.92. The third-order valence-corrected chi connectivity index (χ3v) is 5.35. The first-order valence-corrected chi connectivity index (χ1v) is 6.40. The van der Waals surface area contributed by atoms with E-state index in [9.17, 15) is 0 Å². The van der Waals surface area contributed by atoms with Crippen molar-refractivity contribution in [2.45, 2.75) is 51.6 Å². The number of ether oxygens (including phenoxy) is 2. The van der Waals surface area contributed by atoms with Crippen LogP contribution in [0.1, 0.15) is 46.0 Å². The molecule has 0 radical (unpaired) electrons. The molecule has 0 aromatic rings. The molecule has 3 aliphatic rings. The maximum Gasteiger partial charge on any atom is 0.147 e.